The molecule has 0 spiro atoms. The van der Waals surface area contributed by atoms with Gasteiger partial charge in [0.1, 0.15) is 5.82 Å². The van der Waals surface area contributed by atoms with Crippen LogP contribution in [0.25, 0.3) is 0 Å². The Kier molecular flexibility index (Phi) is 4.95. The molecule has 1 aliphatic rings. The van der Waals surface area contributed by atoms with Gasteiger partial charge in [-0.05, 0) is 44.9 Å². The Morgan fingerprint density at radius 2 is 2.40 bits per heavy atom. The van der Waals surface area contributed by atoms with Gasteiger partial charge in [-0.2, -0.15) is 0 Å². The Morgan fingerprint density at radius 3 is 3.10 bits per heavy atom. The fourth-order valence-corrected chi connectivity index (χ4v) is 3.02. The van der Waals surface area contributed by atoms with Gasteiger partial charge >= 0.3 is 0 Å². The van der Waals surface area contributed by atoms with E-state index in [2.05, 4.69) is 29.0 Å². The fraction of sp³-hybridized carbons (Fsp3) is 0.600. The molecule has 1 aromatic heterocycles. The molecule has 2 atom stereocenters. The minimum absolute atomic E-state index is 0.358. The first kappa shape index (κ1) is 14.8. The molecule has 1 aliphatic heterocycles. The second kappa shape index (κ2) is 6.70. The lowest BCUT2D eigenvalue weighted by molar-refractivity contribution is 0.1000. The van der Waals surface area contributed by atoms with Gasteiger partial charge in [0, 0.05) is 24.8 Å². The summed E-state index contributed by atoms with van der Waals surface area (Å²) < 4.78 is 0. The molecular weight excluding hydrogens is 252 g/mol. The summed E-state index contributed by atoms with van der Waals surface area (Å²) in [6.07, 6.45) is 5.19. The van der Waals surface area contributed by atoms with Crippen LogP contribution in [-0.4, -0.2) is 36.1 Å². The number of aromatic nitrogens is 1. The largest absolute Gasteiger partial charge is 0.365 e. The first-order chi connectivity index (χ1) is 9.65. The number of likely N-dealkylation sites (N-methyl/N-ethyl adjacent to an activating group) is 1. The number of nitrogens with zero attached hydrogens (tertiary/aromatic N) is 2. The predicted molar refractivity (Wildman–Crippen MR) is 80.9 cm³/mol. The molecule has 5 nitrogen and oxygen atoms in total. The summed E-state index contributed by atoms with van der Waals surface area (Å²) in [6, 6.07) is 4.24. The highest BCUT2D eigenvalue weighted by Gasteiger charge is 2.29. The van der Waals surface area contributed by atoms with E-state index in [1.54, 1.807) is 18.3 Å². The summed E-state index contributed by atoms with van der Waals surface area (Å²) in [5.74, 6) is 0.322. The SMILES string of the molecule is CCNC(C)C1CCCCN1c1ncccc1C(N)=O. The lowest BCUT2D eigenvalue weighted by Gasteiger charge is -2.40. The minimum atomic E-state index is -0.409. The van der Waals surface area contributed by atoms with Crippen molar-refractivity contribution in [2.45, 2.75) is 45.2 Å². The second-order valence-corrected chi connectivity index (χ2v) is 5.34. The Morgan fingerprint density at radius 1 is 1.60 bits per heavy atom. The van der Waals surface area contributed by atoms with Crippen LogP contribution in [0.15, 0.2) is 18.3 Å². The molecule has 2 rings (SSSR count). The number of hydrogen-bond donors (Lipinski definition) is 2. The summed E-state index contributed by atoms with van der Waals surface area (Å²) in [7, 11) is 0. The molecule has 110 valence electrons. The monoisotopic (exact) mass is 276 g/mol. The number of anilines is 1. The van der Waals surface area contributed by atoms with E-state index in [4.69, 9.17) is 5.73 Å². The van der Waals surface area contributed by atoms with Crippen LogP contribution in [0.4, 0.5) is 5.82 Å². The molecule has 1 aromatic rings. The first-order valence-electron chi connectivity index (χ1n) is 7.40. The Bertz CT molecular complexity index is 463. The Hall–Kier alpha value is -1.62. The maximum Gasteiger partial charge on any atom is 0.252 e. The van der Waals surface area contributed by atoms with Crippen LogP contribution < -0.4 is 16.0 Å². The van der Waals surface area contributed by atoms with Crippen molar-refractivity contribution in [2.24, 2.45) is 5.73 Å². The van der Waals surface area contributed by atoms with Gasteiger partial charge in [-0.15, -0.1) is 0 Å². The van der Waals surface area contributed by atoms with Gasteiger partial charge < -0.3 is 16.0 Å². The third kappa shape index (κ3) is 3.10. The lowest BCUT2D eigenvalue weighted by Crippen LogP contribution is -2.52. The van der Waals surface area contributed by atoms with E-state index in [1.165, 1.54) is 6.42 Å². The number of carbonyl (C=O) groups is 1. The molecule has 2 heterocycles. The molecule has 3 N–H and O–H groups in total. The van der Waals surface area contributed by atoms with Gasteiger partial charge in [-0.25, -0.2) is 4.98 Å². The number of rotatable bonds is 5. The van der Waals surface area contributed by atoms with E-state index in [1.807, 2.05) is 0 Å². The van der Waals surface area contributed by atoms with E-state index in [0.717, 1.165) is 31.7 Å². The van der Waals surface area contributed by atoms with Crippen molar-refractivity contribution in [3.63, 3.8) is 0 Å². The molecular formula is C15H24N4O. The van der Waals surface area contributed by atoms with E-state index >= 15 is 0 Å². The molecule has 0 bridgehead atoms. The number of primary amides is 1. The molecule has 0 aromatic carbocycles. The number of piperidine rings is 1. The highest BCUT2D eigenvalue weighted by Crippen LogP contribution is 2.27. The van der Waals surface area contributed by atoms with Gasteiger partial charge in [0.2, 0.25) is 0 Å². The molecule has 5 heteroatoms. The van der Waals surface area contributed by atoms with Crippen molar-refractivity contribution < 1.29 is 4.79 Å². The maximum absolute atomic E-state index is 11.6. The van der Waals surface area contributed by atoms with E-state index < -0.39 is 5.91 Å². The average Bonchev–Trinajstić information content (AvgIpc) is 2.47. The highest BCUT2D eigenvalue weighted by atomic mass is 16.1. The summed E-state index contributed by atoms with van der Waals surface area (Å²) in [4.78, 5) is 18.3. The van der Waals surface area contributed by atoms with Crippen LogP contribution in [0.5, 0.6) is 0 Å². The molecule has 2 unspecified atom stereocenters. The highest BCUT2D eigenvalue weighted by molar-refractivity contribution is 5.97. The molecule has 0 saturated carbocycles. The van der Waals surface area contributed by atoms with Gasteiger partial charge in [-0.1, -0.05) is 6.92 Å². The van der Waals surface area contributed by atoms with Crippen molar-refractivity contribution in [3.8, 4) is 0 Å². The van der Waals surface area contributed by atoms with Crippen LogP contribution in [0, 0.1) is 0 Å². The normalized spacial score (nSPS) is 20.7. The van der Waals surface area contributed by atoms with Crippen molar-refractivity contribution in [3.05, 3.63) is 23.9 Å². The van der Waals surface area contributed by atoms with Crippen molar-refractivity contribution in [2.75, 3.05) is 18.0 Å². The standard InChI is InChI=1S/C15H24N4O/c1-3-17-11(2)13-8-4-5-10-19(13)15-12(14(16)20)7-6-9-18-15/h6-7,9,11,13,17H,3-5,8,10H2,1-2H3,(H2,16,20). The third-order valence-corrected chi connectivity index (χ3v) is 3.98. The summed E-state index contributed by atoms with van der Waals surface area (Å²) >= 11 is 0. The molecule has 0 radical (unpaired) electrons. The molecule has 1 amide bonds. The predicted octanol–water partition coefficient (Wildman–Crippen LogP) is 1.54. The quantitative estimate of drug-likeness (QED) is 0.855. The number of nitrogens with one attached hydrogen (secondary N) is 1. The summed E-state index contributed by atoms with van der Waals surface area (Å²) in [5.41, 5.74) is 6.00. The zero-order valence-corrected chi connectivity index (χ0v) is 12.3. The summed E-state index contributed by atoms with van der Waals surface area (Å²) in [5, 5.41) is 3.48. The van der Waals surface area contributed by atoms with Crippen molar-refractivity contribution in [1.82, 2.24) is 10.3 Å². The molecule has 0 aliphatic carbocycles. The smallest absolute Gasteiger partial charge is 0.252 e. The van der Waals surface area contributed by atoms with Crippen LogP contribution in [0.2, 0.25) is 0 Å². The van der Waals surface area contributed by atoms with E-state index in [0.29, 0.717) is 17.6 Å². The number of amides is 1. The maximum atomic E-state index is 11.6. The lowest BCUT2D eigenvalue weighted by atomic mass is 9.95. The number of hydrogen-bond acceptors (Lipinski definition) is 4. The van der Waals surface area contributed by atoms with Gasteiger partial charge in [0.15, 0.2) is 0 Å². The fourth-order valence-electron chi connectivity index (χ4n) is 3.02. The molecule has 1 fully saturated rings. The zero-order chi connectivity index (χ0) is 14.5. The zero-order valence-electron chi connectivity index (χ0n) is 12.3. The number of nitrogens with two attached hydrogens (primary N) is 1. The molecule has 20 heavy (non-hydrogen) atoms. The van der Waals surface area contributed by atoms with E-state index in [9.17, 15) is 4.79 Å². The topological polar surface area (TPSA) is 71.2 Å². The van der Waals surface area contributed by atoms with Crippen LogP contribution in [-0.2, 0) is 0 Å². The van der Waals surface area contributed by atoms with Crippen LogP contribution in [0.1, 0.15) is 43.5 Å². The third-order valence-electron chi connectivity index (χ3n) is 3.98. The Labute approximate surface area is 120 Å². The number of pyridine rings is 1. The van der Waals surface area contributed by atoms with Crippen LogP contribution in [0.3, 0.4) is 0 Å². The average molecular weight is 276 g/mol. The number of carbonyl (C=O) groups excluding carboxylic acids is 1. The first-order valence-corrected chi connectivity index (χ1v) is 7.40. The van der Waals surface area contributed by atoms with Crippen LogP contribution >= 0.6 is 0 Å². The molecule has 1 saturated heterocycles. The van der Waals surface area contributed by atoms with Crippen molar-refractivity contribution in [1.29, 1.82) is 0 Å². The van der Waals surface area contributed by atoms with Gasteiger partial charge in [0.05, 0.1) is 5.56 Å². The van der Waals surface area contributed by atoms with E-state index in [-0.39, 0.29) is 0 Å². The van der Waals surface area contributed by atoms with Crippen molar-refractivity contribution >= 4 is 11.7 Å². The van der Waals surface area contributed by atoms with Gasteiger partial charge in [0.25, 0.3) is 5.91 Å². The van der Waals surface area contributed by atoms with Gasteiger partial charge in [-0.3, -0.25) is 4.79 Å². The minimum Gasteiger partial charge on any atom is -0.365 e. The second-order valence-electron chi connectivity index (χ2n) is 5.34. The summed E-state index contributed by atoms with van der Waals surface area (Å²) in [6.45, 7) is 6.17. The Balaban J connectivity index is 2.30.